The van der Waals surface area contributed by atoms with Crippen molar-refractivity contribution in [1.29, 1.82) is 0 Å². The number of nitrogens with two attached hydrogens (primary N) is 2. The number of H-pyrrole nitrogens is 1. The summed E-state index contributed by atoms with van der Waals surface area (Å²) in [5.74, 6) is 0.154. The first-order valence-electron chi connectivity index (χ1n) is 5.73. The summed E-state index contributed by atoms with van der Waals surface area (Å²) in [7, 11) is 0. The summed E-state index contributed by atoms with van der Waals surface area (Å²) in [6.07, 6.45) is 0. The van der Waals surface area contributed by atoms with Gasteiger partial charge >= 0.3 is 17.5 Å². The van der Waals surface area contributed by atoms with Crippen LogP contribution in [-0.4, -0.2) is 23.8 Å². The number of hydrogen-bond acceptors (Lipinski definition) is 8. The molecule has 0 amide bonds. The number of ether oxygens (including phenoxy) is 2. The zero-order valence-corrected chi connectivity index (χ0v) is 10.5. The Bertz CT molecular complexity index is 726. The molecule has 2 aromatic rings. The third-order valence-corrected chi connectivity index (χ3v) is 2.63. The third-order valence-electron chi connectivity index (χ3n) is 2.63. The largest absolute Gasteiger partial charge is 0.454 e. The summed E-state index contributed by atoms with van der Waals surface area (Å²) < 4.78 is 14.8. The Morgan fingerprint density at radius 3 is 2.95 bits per heavy atom. The molecule has 0 radical (unpaired) electrons. The molecule has 5 N–H and O–H groups in total. The van der Waals surface area contributed by atoms with Gasteiger partial charge in [0, 0.05) is 0 Å². The molecule has 2 heterocycles. The van der Waals surface area contributed by atoms with Gasteiger partial charge in [0.15, 0.2) is 11.5 Å². The number of carbonyl (C=O) groups excluding carboxylic acids is 1. The molecule has 21 heavy (non-hydrogen) atoms. The van der Waals surface area contributed by atoms with Crippen molar-refractivity contribution in [2.24, 2.45) is 10.9 Å². The zero-order valence-electron chi connectivity index (χ0n) is 10.5. The van der Waals surface area contributed by atoms with Crippen molar-refractivity contribution in [3.8, 4) is 11.5 Å². The van der Waals surface area contributed by atoms with Crippen molar-refractivity contribution >= 4 is 17.6 Å². The van der Waals surface area contributed by atoms with Crippen LogP contribution in [0.3, 0.4) is 0 Å². The number of rotatable bonds is 3. The lowest BCUT2D eigenvalue weighted by Crippen LogP contribution is -2.18. The van der Waals surface area contributed by atoms with Crippen LogP contribution in [0.25, 0.3) is 0 Å². The first-order valence-corrected chi connectivity index (χ1v) is 5.73. The summed E-state index contributed by atoms with van der Waals surface area (Å²) >= 11 is 0. The van der Waals surface area contributed by atoms with Crippen LogP contribution in [0, 0.1) is 0 Å². The molecule has 1 aliphatic heterocycles. The molecule has 0 fully saturated rings. The maximum absolute atomic E-state index is 11.8. The highest BCUT2D eigenvalue weighted by atomic mass is 16.7. The molecule has 0 saturated carbocycles. The number of aromatic nitrogens is 2. The third kappa shape index (κ3) is 2.41. The molecule has 0 aliphatic carbocycles. The molecular formula is C11H10N5O5+. The second kappa shape index (κ2) is 5.00. The van der Waals surface area contributed by atoms with E-state index < -0.39 is 5.97 Å². The number of oxime groups is 1. The fraction of sp³-hybridized carbons (Fsp3) is 0.0909. The highest BCUT2D eigenvalue weighted by Crippen LogP contribution is 2.32. The number of nitrogens with one attached hydrogen (secondary N) is 1. The number of hydrogen-bond donors (Lipinski definition) is 2. The summed E-state index contributed by atoms with van der Waals surface area (Å²) in [6.45, 7) is 0.112. The van der Waals surface area contributed by atoms with Crippen molar-refractivity contribution < 1.29 is 28.9 Å². The van der Waals surface area contributed by atoms with Crippen LogP contribution < -0.4 is 26.1 Å². The summed E-state index contributed by atoms with van der Waals surface area (Å²) in [5.41, 5.74) is 11.3. The molecule has 0 saturated heterocycles. The number of fused-ring (bicyclic) bond motifs is 1. The number of nitrogens with zero attached hydrogens (tertiary/aromatic N) is 2. The Morgan fingerprint density at radius 1 is 1.38 bits per heavy atom. The van der Waals surface area contributed by atoms with Crippen LogP contribution in [0.5, 0.6) is 11.5 Å². The van der Waals surface area contributed by atoms with Gasteiger partial charge in [0.25, 0.3) is 0 Å². The SMILES string of the molecule is NC(=NOC(=O)c1ccc2c(c1)OCO2)c1no[nH+]c1N. The summed E-state index contributed by atoms with van der Waals surface area (Å²) in [6, 6.07) is 4.59. The van der Waals surface area contributed by atoms with E-state index in [0.29, 0.717) is 11.5 Å². The first-order chi connectivity index (χ1) is 10.1. The van der Waals surface area contributed by atoms with Gasteiger partial charge in [-0.1, -0.05) is 10.3 Å². The second-order valence-corrected chi connectivity index (χ2v) is 3.97. The predicted octanol–water partition coefficient (Wildman–Crippen LogP) is -0.723. The van der Waals surface area contributed by atoms with Gasteiger partial charge in [0.1, 0.15) is 0 Å². The van der Waals surface area contributed by atoms with Crippen molar-refractivity contribution in [1.82, 2.24) is 5.16 Å². The Balaban J connectivity index is 1.73. The lowest BCUT2D eigenvalue weighted by Gasteiger charge is -2.00. The maximum atomic E-state index is 11.8. The quantitative estimate of drug-likeness (QED) is 0.325. The van der Waals surface area contributed by atoms with Crippen molar-refractivity contribution in [3.63, 3.8) is 0 Å². The smallest absolute Gasteiger partial charge is 0.365 e. The molecule has 1 aromatic carbocycles. The van der Waals surface area contributed by atoms with Gasteiger partial charge < -0.3 is 25.8 Å². The maximum Gasteiger partial charge on any atom is 0.365 e. The molecule has 0 unspecified atom stereocenters. The molecule has 1 aliphatic rings. The number of amidine groups is 1. The van der Waals surface area contributed by atoms with E-state index >= 15 is 0 Å². The van der Waals surface area contributed by atoms with Crippen LogP contribution in [0.4, 0.5) is 5.82 Å². The minimum Gasteiger partial charge on any atom is -0.454 e. The minimum atomic E-state index is -0.720. The molecule has 10 nitrogen and oxygen atoms in total. The fourth-order valence-corrected chi connectivity index (χ4v) is 1.61. The molecule has 0 spiro atoms. The van der Waals surface area contributed by atoms with Gasteiger partial charge in [-0.2, -0.15) is 0 Å². The van der Waals surface area contributed by atoms with Crippen LogP contribution in [0.15, 0.2) is 28.0 Å². The average Bonchev–Trinajstić information content (AvgIpc) is 3.11. The molecule has 108 valence electrons. The lowest BCUT2D eigenvalue weighted by atomic mass is 10.2. The van der Waals surface area contributed by atoms with E-state index in [-0.39, 0.29) is 29.7 Å². The van der Waals surface area contributed by atoms with E-state index in [1.54, 1.807) is 6.07 Å². The first kappa shape index (κ1) is 12.7. The Kier molecular flexibility index (Phi) is 3.03. The van der Waals surface area contributed by atoms with Crippen molar-refractivity contribution in [2.45, 2.75) is 0 Å². The summed E-state index contributed by atoms with van der Waals surface area (Å²) in [5, 5.41) is 9.18. The Morgan fingerprint density at radius 2 is 2.19 bits per heavy atom. The molecular weight excluding hydrogens is 282 g/mol. The van der Waals surface area contributed by atoms with Gasteiger partial charge in [-0.3, -0.25) is 0 Å². The number of anilines is 1. The van der Waals surface area contributed by atoms with Crippen LogP contribution in [0.1, 0.15) is 16.1 Å². The van der Waals surface area contributed by atoms with E-state index in [1.807, 2.05) is 0 Å². The van der Waals surface area contributed by atoms with Crippen molar-refractivity contribution in [3.05, 3.63) is 29.5 Å². The van der Waals surface area contributed by atoms with Gasteiger partial charge in [0.05, 0.1) is 10.7 Å². The lowest BCUT2D eigenvalue weighted by molar-refractivity contribution is -0.610. The van der Waals surface area contributed by atoms with Gasteiger partial charge in [0.2, 0.25) is 12.6 Å². The molecule has 3 rings (SSSR count). The highest BCUT2D eigenvalue weighted by Gasteiger charge is 2.20. The van der Waals surface area contributed by atoms with Gasteiger partial charge in [-0.15, -0.1) is 4.63 Å². The Labute approximate surface area is 117 Å². The topological polar surface area (TPSA) is 149 Å². The van der Waals surface area contributed by atoms with Gasteiger partial charge in [-0.05, 0) is 18.2 Å². The Hall–Kier alpha value is -3.30. The normalized spacial score (nSPS) is 13.2. The number of aromatic amines is 1. The molecule has 0 atom stereocenters. The fourth-order valence-electron chi connectivity index (χ4n) is 1.61. The monoisotopic (exact) mass is 292 g/mol. The van der Waals surface area contributed by atoms with E-state index in [2.05, 4.69) is 20.1 Å². The number of benzene rings is 1. The summed E-state index contributed by atoms with van der Waals surface area (Å²) in [4.78, 5) is 16.5. The van der Waals surface area contributed by atoms with E-state index in [1.165, 1.54) is 12.1 Å². The van der Waals surface area contributed by atoms with Gasteiger partial charge in [-0.25, -0.2) is 4.79 Å². The molecule has 1 aromatic heterocycles. The molecule has 10 heteroatoms. The number of nitrogen functional groups attached to an aromatic ring is 1. The minimum absolute atomic E-state index is 0.0495. The standard InChI is InChI=1S/C11H9N5O5/c12-9(8-10(13)16-21-14-8)15-20-11(17)5-1-2-6-7(3-5)19-4-18-6/h1-3H,4H2,(H2,12,15)(H2,13,16)/p+1. The second-order valence-electron chi connectivity index (χ2n) is 3.97. The average molecular weight is 292 g/mol. The van der Waals surface area contributed by atoms with Crippen molar-refractivity contribution in [2.75, 3.05) is 12.5 Å². The van der Waals surface area contributed by atoms with E-state index in [4.69, 9.17) is 25.8 Å². The van der Waals surface area contributed by atoms with Crippen LogP contribution in [-0.2, 0) is 4.84 Å². The highest BCUT2D eigenvalue weighted by molar-refractivity contribution is 5.99. The predicted molar refractivity (Wildman–Crippen MR) is 66.2 cm³/mol. The van der Waals surface area contributed by atoms with Crippen LogP contribution >= 0.6 is 0 Å². The number of carbonyl (C=O) groups is 1. The zero-order chi connectivity index (χ0) is 14.8. The van der Waals surface area contributed by atoms with E-state index in [9.17, 15) is 4.79 Å². The van der Waals surface area contributed by atoms with E-state index in [0.717, 1.165) is 0 Å². The van der Waals surface area contributed by atoms with Crippen LogP contribution in [0.2, 0.25) is 0 Å². The molecule has 0 bridgehead atoms.